The molecule has 0 radical (unpaired) electrons. The van der Waals surface area contributed by atoms with E-state index in [1.165, 1.54) is 11.3 Å². The van der Waals surface area contributed by atoms with Crippen LogP contribution < -0.4 is 0 Å². The molecule has 0 aromatic carbocycles. The van der Waals surface area contributed by atoms with Crippen LogP contribution in [0.15, 0.2) is 10.5 Å². The maximum atomic E-state index is 12.1. The molecule has 0 saturated carbocycles. The second kappa shape index (κ2) is 4.03. The van der Waals surface area contributed by atoms with Gasteiger partial charge in [-0.1, -0.05) is 0 Å². The van der Waals surface area contributed by atoms with Gasteiger partial charge in [0.25, 0.3) is 6.43 Å². The van der Waals surface area contributed by atoms with E-state index in [1.807, 2.05) is 6.92 Å². The lowest BCUT2D eigenvalue weighted by atomic mass is 10.3. The third-order valence-electron chi connectivity index (χ3n) is 1.37. The fraction of sp³-hybridized carbons (Fsp3) is 0.429. The van der Waals surface area contributed by atoms with Crippen molar-refractivity contribution in [2.45, 2.75) is 18.7 Å². The van der Waals surface area contributed by atoms with Gasteiger partial charge in [-0.2, -0.15) is 0 Å². The van der Waals surface area contributed by atoms with Gasteiger partial charge in [-0.05, 0) is 28.9 Å². The highest BCUT2D eigenvalue weighted by Gasteiger charge is 2.21. The summed E-state index contributed by atoms with van der Waals surface area (Å²) in [6, 6.07) is 1.64. The van der Waals surface area contributed by atoms with Gasteiger partial charge >= 0.3 is 0 Å². The summed E-state index contributed by atoms with van der Waals surface area (Å²) in [5, 5.41) is -1.18. The largest absolute Gasteiger partial charge is 0.259 e. The average Bonchev–Trinajstić information content (AvgIpc) is 2.30. The molecule has 12 heavy (non-hydrogen) atoms. The van der Waals surface area contributed by atoms with Crippen molar-refractivity contribution in [2.24, 2.45) is 0 Å². The summed E-state index contributed by atoms with van der Waals surface area (Å²) < 4.78 is 25.1. The van der Waals surface area contributed by atoms with Gasteiger partial charge < -0.3 is 0 Å². The van der Waals surface area contributed by atoms with Gasteiger partial charge in [0.15, 0.2) is 0 Å². The number of thiophene rings is 1. The van der Waals surface area contributed by atoms with Crippen LogP contribution in [-0.4, -0.2) is 6.43 Å². The van der Waals surface area contributed by atoms with Gasteiger partial charge in [0, 0.05) is 14.2 Å². The Morgan fingerprint density at radius 2 is 2.17 bits per heavy atom. The summed E-state index contributed by atoms with van der Waals surface area (Å²) in [5.74, 6) is 0. The van der Waals surface area contributed by atoms with E-state index >= 15 is 0 Å². The van der Waals surface area contributed by atoms with Crippen LogP contribution in [0, 0.1) is 6.92 Å². The number of halogens is 4. The molecule has 1 unspecified atom stereocenters. The molecule has 0 aliphatic carbocycles. The summed E-state index contributed by atoms with van der Waals surface area (Å²) in [6.45, 7) is 1.85. The van der Waals surface area contributed by atoms with E-state index < -0.39 is 11.8 Å². The van der Waals surface area contributed by atoms with Crippen LogP contribution in [0.3, 0.4) is 0 Å². The molecule has 1 aromatic rings. The topological polar surface area (TPSA) is 0 Å². The number of alkyl halides is 3. The predicted molar refractivity (Wildman–Crippen MR) is 51.4 cm³/mol. The highest BCUT2D eigenvalue weighted by Crippen LogP contribution is 2.36. The Morgan fingerprint density at radius 1 is 1.58 bits per heavy atom. The van der Waals surface area contributed by atoms with Gasteiger partial charge in [0.2, 0.25) is 0 Å². The van der Waals surface area contributed by atoms with E-state index in [1.54, 1.807) is 6.07 Å². The summed E-state index contributed by atoms with van der Waals surface area (Å²) in [5.41, 5.74) is 0. The summed E-state index contributed by atoms with van der Waals surface area (Å²) in [4.78, 5) is 1.48. The third kappa shape index (κ3) is 2.18. The summed E-state index contributed by atoms with van der Waals surface area (Å²) in [7, 11) is 0. The Balaban J connectivity index is 2.89. The smallest absolute Gasteiger partial charge is 0.208 e. The van der Waals surface area contributed by atoms with E-state index in [2.05, 4.69) is 15.9 Å². The van der Waals surface area contributed by atoms with Gasteiger partial charge in [-0.3, -0.25) is 0 Å². The SMILES string of the molecule is Cc1sc(C(Cl)C(F)F)cc1Br. The second-order valence-electron chi connectivity index (χ2n) is 2.29. The van der Waals surface area contributed by atoms with E-state index in [4.69, 9.17) is 11.6 Å². The fourth-order valence-corrected chi connectivity index (χ4v) is 2.48. The van der Waals surface area contributed by atoms with Crippen LogP contribution in [-0.2, 0) is 0 Å². The Kier molecular flexibility index (Phi) is 3.49. The Labute approximate surface area is 86.7 Å². The van der Waals surface area contributed by atoms with E-state index in [0.717, 1.165) is 9.35 Å². The van der Waals surface area contributed by atoms with Crippen molar-refractivity contribution in [3.63, 3.8) is 0 Å². The molecular weight excluding hydrogens is 269 g/mol. The molecule has 0 aliphatic heterocycles. The zero-order chi connectivity index (χ0) is 9.30. The molecule has 1 aromatic heterocycles. The van der Waals surface area contributed by atoms with Gasteiger partial charge in [0.1, 0.15) is 5.38 Å². The highest BCUT2D eigenvalue weighted by atomic mass is 79.9. The standard InChI is InChI=1S/C7H6BrClF2S/c1-3-4(8)2-5(12-3)6(9)7(10)11/h2,6-7H,1H3. The zero-order valence-electron chi connectivity index (χ0n) is 6.15. The van der Waals surface area contributed by atoms with Crippen LogP contribution in [0.1, 0.15) is 15.1 Å². The monoisotopic (exact) mass is 274 g/mol. The van der Waals surface area contributed by atoms with Crippen molar-refractivity contribution in [1.82, 2.24) is 0 Å². The molecule has 5 heteroatoms. The number of rotatable bonds is 2. The minimum atomic E-state index is -2.50. The molecule has 0 nitrogen and oxygen atoms in total. The number of hydrogen-bond donors (Lipinski definition) is 0. The second-order valence-corrected chi connectivity index (χ2v) is 4.90. The van der Waals surface area contributed by atoms with Gasteiger partial charge in [-0.25, -0.2) is 8.78 Å². The lowest BCUT2D eigenvalue weighted by molar-refractivity contribution is 0.144. The quantitative estimate of drug-likeness (QED) is 0.703. The van der Waals surface area contributed by atoms with Crippen LogP contribution in [0.4, 0.5) is 8.78 Å². The molecule has 0 N–H and O–H groups in total. The lowest BCUT2D eigenvalue weighted by Crippen LogP contribution is -1.98. The van der Waals surface area contributed by atoms with E-state index in [0.29, 0.717) is 4.88 Å². The first-order valence-corrected chi connectivity index (χ1v) is 5.25. The first kappa shape index (κ1) is 10.4. The van der Waals surface area contributed by atoms with Crippen LogP contribution in [0.25, 0.3) is 0 Å². The van der Waals surface area contributed by atoms with Crippen molar-refractivity contribution in [3.05, 3.63) is 20.3 Å². The molecule has 0 aliphatic rings. The van der Waals surface area contributed by atoms with Gasteiger partial charge in [-0.15, -0.1) is 22.9 Å². The van der Waals surface area contributed by atoms with Crippen LogP contribution >= 0.6 is 38.9 Å². The maximum absolute atomic E-state index is 12.1. The molecular formula is C7H6BrClF2S. The minimum absolute atomic E-state index is 0.510. The molecule has 0 saturated heterocycles. The summed E-state index contributed by atoms with van der Waals surface area (Å²) in [6.07, 6.45) is -2.50. The Hall–Kier alpha value is 0.330. The number of aryl methyl sites for hydroxylation is 1. The van der Waals surface area contributed by atoms with Crippen molar-refractivity contribution < 1.29 is 8.78 Å². The van der Waals surface area contributed by atoms with Crippen molar-refractivity contribution in [2.75, 3.05) is 0 Å². The lowest BCUT2D eigenvalue weighted by Gasteiger charge is -2.03. The molecule has 1 heterocycles. The van der Waals surface area contributed by atoms with E-state index in [9.17, 15) is 8.78 Å². The molecule has 0 bridgehead atoms. The van der Waals surface area contributed by atoms with Crippen molar-refractivity contribution in [3.8, 4) is 0 Å². The molecule has 68 valence electrons. The predicted octanol–water partition coefficient (Wildman–Crippen LogP) is 4.36. The average molecular weight is 276 g/mol. The van der Waals surface area contributed by atoms with Crippen molar-refractivity contribution in [1.29, 1.82) is 0 Å². The number of hydrogen-bond acceptors (Lipinski definition) is 1. The minimum Gasteiger partial charge on any atom is -0.208 e. The maximum Gasteiger partial charge on any atom is 0.259 e. The Morgan fingerprint density at radius 3 is 2.50 bits per heavy atom. The zero-order valence-corrected chi connectivity index (χ0v) is 9.31. The molecule has 1 rings (SSSR count). The van der Waals surface area contributed by atoms with Crippen LogP contribution in [0.5, 0.6) is 0 Å². The first-order valence-electron chi connectivity index (χ1n) is 3.20. The van der Waals surface area contributed by atoms with Crippen LogP contribution in [0.2, 0.25) is 0 Å². The van der Waals surface area contributed by atoms with Crippen molar-refractivity contribution >= 4 is 38.9 Å². The molecule has 0 fully saturated rings. The fourth-order valence-electron chi connectivity index (χ4n) is 0.742. The van der Waals surface area contributed by atoms with E-state index in [-0.39, 0.29) is 0 Å². The van der Waals surface area contributed by atoms with Gasteiger partial charge in [0.05, 0.1) is 0 Å². The Bertz CT molecular complexity index is 255. The first-order chi connectivity index (χ1) is 5.52. The molecule has 1 atom stereocenters. The normalized spacial score (nSPS) is 13.8. The molecule has 0 spiro atoms. The third-order valence-corrected chi connectivity index (χ3v) is 4.14. The highest BCUT2D eigenvalue weighted by molar-refractivity contribution is 9.10. The summed E-state index contributed by atoms with van der Waals surface area (Å²) >= 11 is 10.00. The molecule has 0 amide bonds.